The van der Waals surface area contributed by atoms with Gasteiger partial charge in [-0.3, -0.25) is 4.79 Å². The van der Waals surface area contributed by atoms with Gasteiger partial charge in [0.1, 0.15) is 0 Å². The van der Waals surface area contributed by atoms with Gasteiger partial charge in [0.15, 0.2) is 0 Å². The molecule has 0 saturated carbocycles. The third-order valence-corrected chi connectivity index (χ3v) is 4.98. The smallest absolute Gasteiger partial charge is 0.247 e. The quantitative estimate of drug-likeness (QED) is 0.697. The van der Waals surface area contributed by atoms with E-state index in [4.69, 9.17) is 4.42 Å². The van der Waals surface area contributed by atoms with Crippen LogP contribution in [0, 0.1) is 6.92 Å². The Hall–Kier alpha value is -3.15. The van der Waals surface area contributed by atoms with E-state index in [-0.39, 0.29) is 5.91 Å². The number of anilines is 2. The number of carbonyl (C=O) groups is 1. The van der Waals surface area contributed by atoms with Gasteiger partial charge < -0.3 is 14.6 Å². The number of benzene rings is 2. The van der Waals surface area contributed by atoms with Crippen molar-refractivity contribution < 1.29 is 9.21 Å². The van der Waals surface area contributed by atoms with Crippen LogP contribution in [0.15, 0.2) is 52.9 Å². The van der Waals surface area contributed by atoms with Gasteiger partial charge in [-0.1, -0.05) is 18.2 Å². The van der Waals surface area contributed by atoms with Gasteiger partial charge in [-0.25, -0.2) is 0 Å². The summed E-state index contributed by atoms with van der Waals surface area (Å²) in [7, 11) is 0. The highest BCUT2D eigenvalue weighted by atomic mass is 16.4. The fourth-order valence-electron chi connectivity index (χ4n) is 3.54. The van der Waals surface area contributed by atoms with E-state index in [1.165, 1.54) is 24.1 Å². The van der Waals surface area contributed by atoms with Crippen molar-refractivity contribution in [3.8, 4) is 11.5 Å². The minimum Gasteiger partial charge on any atom is -0.421 e. The van der Waals surface area contributed by atoms with Gasteiger partial charge >= 0.3 is 0 Å². The number of amides is 1. The lowest BCUT2D eigenvalue weighted by Gasteiger charge is -2.20. The van der Waals surface area contributed by atoms with Crippen LogP contribution in [-0.2, 0) is 11.2 Å². The number of nitrogens with one attached hydrogen (secondary N) is 1. The minimum absolute atomic E-state index is 0.0622. The molecule has 1 aromatic heterocycles. The predicted octanol–water partition coefficient (Wildman–Crippen LogP) is 4.22. The first-order chi connectivity index (χ1) is 13.7. The summed E-state index contributed by atoms with van der Waals surface area (Å²) in [6, 6.07) is 15.7. The molecule has 28 heavy (non-hydrogen) atoms. The van der Waals surface area contributed by atoms with Crippen LogP contribution in [0.1, 0.15) is 30.7 Å². The zero-order valence-corrected chi connectivity index (χ0v) is 16.0. The van der Waals surface area contributed by atoms with Gasteiger partial charge in [0, 0.05) is 42.9 Å². The topological polar surface area (TPSA) is 71.3 Å². The molecule has 6 heteroatoms. The van der Waals surface area contributed by atoms with E-state index >= 15 is 0 Å². The van der Waals surface area contributed by atoms with Gasteiger partial charge in [0.2, 0.25) is 17.7 Å². The highest BCUT2D eigenvalue weighted by Gasteiger charge is 2.15. The summed E-state index contributed by atoms with van der Waals surface area (Å²) in [6.07, 6.45) is 3.21. The maximum Gasteiger partial charge on any atom is 0.247 e. The van der Waals surface area contributed by atoms with Crippen LogP contribution in [0.4, 0.5) is 11.4 Å². The first-order valence-corrected chi connectivity index (χ1v) is 9.72. The summed E-state index contributed by atoms with van der Waals surface area (Å²) in [5.74, 6) is 0.881. The number of aryl methyl sites for hydroxylation is 2. The van der Waals surface area contributed by atoms with Crippen molar-refractivity contribution in [2.45, 2.75) is 32.6 Å². The molecular formula is C22H24N4O2. The number of aromatic nitrogens is 2. The summed E-state index contributed by atoms with van der Waals surface area (Å²) >= 11 is 0. The minimum atomic E-state index is -0.0622. The van der Waals surface area contributed by atoms with Gasteiger partial charge in [-0.2, -0.15) is 0 Å². The van der Waals surface area contributed by atoms with E-state index in [0.29, 0.717) is 24.6 Å². The van der Waals surface area contributed by atoms with Crippen LogP contribution in [0.25, 0.3) is 11.5 Å². The van der Waals surface area contributed by atoms with E-state index in [9.17, 15) is 4.79 Å². The van der Waals surface area contributed by atoms with Crippen LogP contribution in [0.3, 0.4) is 0 Å². The van der Waals surface area contributed by atoms with Crippen molar-refractivity contribution in [3.05, 3.63) is 60.0 Å². The summed E-state index contributed by atoms with van der Waals surface area (Å²) in [4.78, 5) is 14.7. The lowest BCUT2D eigenvalue weighted by atomic mass is 10.1. The second-order valence-electron chi connectivity index (χ2n) is 7.11. The maximum absolute atomic E-state index is 12.3. The monoisotopic (exact) mass is 376 g/mol. The van der Waals surface area contributed by atoms with Crippen molar-refractivity contribution >= 4 is 17.3 Å². The molecule has 1 fully saturated rings. The number of nitrogens with zero attached hydrogens (tertiary/aromatic N) is 3. The van der Waals surface area contributed by atoms with E-state index in [1.54, 1.807) is 0 Å². The van der Waals surface area contributed by atoms with Crippen LogP contribution in [-0.4, -0.2) is 29.2 Å². The molecular weight excluding hydrogens is 352 g/mol. The summed E-state index contributed by atoms with van der Waals surface area (Å²) in [5, 5.41) is 11.1. The normalized spacial score (nSPS) is 13.7. The van der Waals surface area contributed by atoms with Crippen LogP contribution in [0.2, 0.25) is 0 Å². The molecule has 0 radical (unpaired) electrons. The van der Waals surface area contributed by atoms with Gasteiger partial charge in [0.05, 0.1) is 0 Å². The Morgan fingerprint density at radius 2 is 1.89 bits per heavy atom. The van der Waals surface area contributed by atoms with E-state index in [2.05, 4.69) is 33.4 Å². The lowest BCUT2D eigenvalue weighted by molar-refractivity contribution is -0.116. The average Bonchev–Trinajstić information content (AvgIpc) is 3.39. The predicted molar refractivity (Wildman–Crippen MR) is 109 cm³/mol. The molecule has 0 atom stereocenters. The van der Waals surface area contributed by atoms with Crippen LogP contribution < -0.4 is 10.2 Å². The second-order valence-corrected chi connectivity index (χ2v) is 7.11. The second kappa shape index (κ2) is 8.25. The first-order valence-electron chi connectivity index (χ1n) is 9.72. The molecule has 0 spiro atoms. The Bertz CT molecular complexity index is 946. The third kappa shape index (κ3) is 4.22. The highest BCUT2D eigenvalue weighted by Crippen LogP contribution is 2.26. The molecule has 6 nitrogen and oxygen atoms in total. The molecule has 1 aliphatic heterocycles. The van der Waals surface area contributed by atoms with E-state index in [1.807, 2.05) is 42.5 Å². The Kier molecular flexibility index (Phi) is 5.37. The average molecular weight is 376 g/mol. The lowest BCUT2D eigenvalue weighted by Crippen LogP contribution is -2.19. The molecule has 1 aliphatic rings. The number of rotatable bonds is 6. The molecule has 1 saturated heterocycles. The molecule has 1 N–H and O–H groups in total. The molecule has 2 heterocycles. The highest BCUT2D eigenvalue weighted by molar-refractivity contribution is 5.91. The molecule has 2 aromatic carbocycles. The fraction of sp³-hybridized carbons (Fsp3) is 0.318. The van der Waals surface area contributed by atoms with Crippen molar-refractivity contribution in [2.75, 3.05) is 23.3 Å². The molecule has 0 bridgehead atoms. The molecule has 0 unspecified atom stereocenters. The van der Waals surface area contributed by atoms with Gasteiger partial charge in [-0.05, 0) is 55.7 Å². The van der Waals surface area contributed by atoms with Gasteiger partial charge in [-0.15, -0.1) is 10.2 Å². The van der Waals surface area contributed by atoms with Crippen molar-refractivity contribution in [1.29, 1.82) is 0 Å². The Labute approximate surface area is 164 Å². The Morgan fingerprint density at radius 1 is 1.11 bits per heavy atom. The molecule has 3 aromatic rings. The zero-order valence-electron chi connectivity index (χ0n) is 16.0. The fourth-order valence-corrected chi connectivity index (χ4v) is 3.54. The third-order valence-electron chi connectivity index (χ3n) is 4.98. The number of hydrogen-bond donors (Lipinski definition) is 1. The van der Waals surface area contributed by atoms with Crippen molar-refractivity contribution in [3.63, 3.8) is 0 Å². The van der Waals surface area contributed by atoms with Crippen LogP contribution >= 0.6 is 0 Å². The standard InChI is InChI=1S/C22H24N4O2/c1-16-15-18(9-10-19(16)26-13-5-6-14-26)23-20(27)11-12-21-24-25-22(28-21)17-7-3-2-4-8-17/h2-4,7-10,15H,5-6,11-14H2,1H3,(H,23,27). The zero-order chi connectivity index (χ0) is 19.3. The summed E-state index contributed by atoms with van der Waals surface area (Å²) in [6.45, 7) is 4.32. The molecule has 144 valence electrons. The van der Waals surface area contributed by atoms with E-state index in [0.717, 1.165) is 24.3 Å². The van der Waals surface area contributed by atoms with Crippen molar-refractivity contribution in [2.24, 2.45) is 0 Å². The number of hydrogen-bond acceptors (Lipinski definition) is 5. The largest absolute Gasteiger partial charge is 0.421 e. The molecule has 4 rings (SSSR count). The Morgan fingerprint density at radius 3 is 2.64 bits per heavy atom. The number of carbonyl (C=O) groups excluding carboxylic acids is 1. The maximum atomic E-state index is 12.3. The Balaban J connectivity index is 1.32. The summed E-state index contributed by atoms with van der Waals surface area (Å²) < 4.78 is 5.65. The van der Waals surface area contributed by atoms with Crippen molar-refractivity contribution in [1.82, 2.24) is 10.2 Å². The van der Waals surface area contributed by atoms with Gasteiger partial charge in [0.25, 0.3) is 0 Å². The van der Waals surface area contributed by atoms with E-state index < -0.39 is 0 Å². The molecule has 0 aliphatic carbocycles. The summed E-state index contributed by atoms with van der Waals surface area (Å²) in [5.41, 5.74) is 4.14. The first kappa shape index (κ1) is 18.2. The van der Waals surface area contributed by atoms with Crippen LogP contribution in [0.5, 0.6) is 0 Å². The molecule has 1 amide bonds. The SMILES string of the molecule is Cc1cc(NC(=O)CCc2nnc(-c3ccccc3)o2)ccc1N1CCCC1.